The second kappa shape index (κ2) is 21.8. The zero-order valence-electron chi connectivity index (χ0n) is 25.4. The maximum atomic E-state index is 12.6. The van der Waals surface area contributed by atoms with Crippen LogP contribution >= 0.6 is 0 Å². The van der Waals surface area contributed by atoms with E-state index in [1.165, 1.54) is 0 Å². The maximum Gasteiger partial charge on any atom is 0.317 e. The molecule has 15 heteroatoms. The van der Waals surface area contributed by atoms with Crippen LogP contribution < -0.4 is 16.1 Å². The molecule has 1 fully saturated rings. The Bertz CT molecular complexity index is 845. The molecule has 15 nitrogen and oxygen atoms in total. The van der Waals surface area contributed by atoms with Crippen molar-refractivity contribution in [2.75, 3.05) is 98.2 Å². The number of aliphatic carboxylic acids is 2. The van der Waals surface area contributed by atoms with Gasteiger partial charge in [0, 0.05) is 71.9 Å². The van der Waals surface area contributed by atoms with E-state index in [-0.39, 0.29) is 51.0 Å². The van der Waals surface area contributed by atoms with Crippen LogP contribution in [-0.4, -0.2) is 158 Å². The quantitative estimate of drug-likeness (QED) is 0.0962. The molecule has 0 saturated carbocycles. The van der Waals surface area contributed by atoms with Crippen LogP contribution in [0.5, 0.6) is 0 Å². The van der Waals surface area contributed by atoms with E-state index in [0.29, 0.717) is 64.8 Å². The fourth-order valence-electron chi connectivity index (χ4n) is 4.35. The van der Waals surface area contributed by atoms with Gasteiger partial charge in [-0.2, -0.15) is 0 Å². The number of likely N-dealkylation sites (N-methyl/N-ethyl adjacent to an activating group) is 1. The highest BCUT2D eigenvalue weighted by molar-refractivity contribution is 5.80. The van der Waals surface area contributed by atoms with Crippen molar-refractivity contribution in [3.8, 4) is 0 Å². The summed E-state index contributed by atoms with van der Waals surface area (Å²) in [5.74, 6) is -2.38. The minimum Gasteiger partial charge on any atom is -0.480 e. The summed E-state index contributed by atoms with van der Waals surface area (Å²) in [6.45, 7) is 11.2. The first-order valence-corrected chi connectivity index (χ1v) is 14.8. The van der Waals surface area contributed by atoms with Crippen molar-refractivity contribution in [2.45, 2.75) is 40.0 Å². The van der Waals surface area contributed by atoms with Crippen LogP contribution in [0.15, 0.2) is 0 Å². The van der Waals surface area contributed by atoms with Crippen LogP contribution in [0.1, 0.15) is 40.0 Å². The lowest BCUT2D eigenvalue weighted by Crippen LogP contribution is -2.49. The van der Waals surface area contributed by atoms with Crippen molar-refractivity contribution < 1.29 is 39.0 Å². The highest BCUT2D eigenvalue weighted by atomic mass is 16.7. The molecule has 0 aliphatic carbocycles. The van der Waals surface area contributed by atoms with Crippen molar-refractivity contribution in [2.24, 2.45) is 5.92 Å². The van der Waals surface area contributed by atoms with Gasteiger partial charge in [0.25, 0.3) is 0 Å². The predicted octanol–water partition coefficient (Wildman–Crippen LogP) is -1.50. The summed E-state index contributed by atoms with van der Waals surface area (Å²) < 4.78 is 0. The first-order chi connectivity index (χ1) is 20.0. The van der Waals surface area contributed by atoms with Gasteiger partial charge < -0.3 is 25.7 Å². The van der Waals surface area contributed by atoms with E-state index in [4.69, 9.17) is 4.84 Å². The molecule has 0 bridgehead atoms. The van der Waals surface area contributed by atoms with Gasteiger partial charge in [-0.1, -0.05) is 20.8 Å². The maximum absolute atomic E-state index is 12.6. The number of carboxylic acids is 2. The van der Waals surface area contributed by atoms with Crippen molar-refractivity contribution in [1.82, 2.24) is 35.7 Å². The third-order valence-corrected chi connectivity index (χ3v) is 6.81. The number of rotatable bonds is 17. The Morgan fingerprint density at radius 2 is 1.17 bits per heavy atom. The molecule has 0 aromatic carbocycles. The summed E-state index contributed by atoms with van der Waals surface area (Å²) in [5, 5.41) is 24.0. The summed E-state index contributed by atoms with van der Waals surface area (Å²) in [7, 11) is 0. The molecule has 0 atom stereocenters. The number of amides is 3. The Morgan fingerprint density at radius 3 is 1.64 bits per heavy atom. The molecule has 1 aliphatic heterocycles. The van der Waals surface area contributed by atoms with Crippen LogP contribution in [0.2, 0.25) is 0 Å². The molecule has 0 aromatic rings. The molecule has 242 valence electrons. The van der Waals surface area contributed by atoms with Crippen molar-refractivity contribution in [3.63, 3.8) is 0 Å². The second-order valence-corrected chi connectivity index (χ2v) is 10.9. The Morgan fingerprint density at radius 1 is 0.690 bits per heavy atom. The third kappa shape index (κ3) is 19.3. The average molecular weight is 602 g/mol. The number of carbonyl (C=O) groups excluding carboxylic acids is 3. The molecule has 5 N–H and O–H groups in total. The lowest BCUT2D eigenvalue weighted by atomic mass is 10.1. The predicted molar refractivity (Wildman–Crippen MR) is 156 cm³/mol. The molecule has 42 heavy (non-hydrogen) atoms. The van der Waals surface area contributed by atoms with Gasteiger partial charge in [0.05, 0.1) is 19.6 Å². The number of nitrogens with one attached hydrogen (secondary N) is 3. The van der Waals surface area contributed by atoms with E-state index in [1.807, 2.05) is 16.7 Å². The molecular formula is C27H51N7O8. The van der Waals surface area contributed by atoms with Crippen LogP contribution in [0.4, 0.5) is 0 Å². The molecule has 1 aliphatic rings. The number of carboxylic acid groups (broad SMARTS) is 2. The Hall–Kier alpha value is -2.85. The first kappa shape index (κ1) is 37.2. The van der Waals surface area contributed by atoms with Gasteiger partial charge in [-0.15, -0.1) is 0 Å². The number of hydroxylamine groups is 1. The molecule has 1 heterocycles. The minimum atomic E-state index is -0.974. The molecular weight excluding hydrogens is 550 g/mol. The largest absolute Gasteiger partial charge is 0.480 e. The van der Waals surface area contributed by atoms with E-state index < -0.39 is 17.8 Å². The summed E-state index contributed by atoms with van der Waals surface area (Å²) >= 11 is 0. The molecule has 0 radical (unpaired) electrons. The summed E-state index contributed by atoms with van der Waals surface area (Å²) in [5.41, 5.74) is 2.21. The summed E-state index contributed by atoms with van der Waals surface area (Å²) in [6.07, 6.45) is 1.86. The summed E-state index contributed by atoms with van der Waals surface area (Å²) in [6, 6.07) is 0. The van der Waals surface area contributed by atoms with E-state index in [0.717, 1.165) is 19.4 Å². The average Bonchev–Trinajstić information content (AvgIpc) is 2.90. The highest BCUT2D eigenvalue weighted by Crippen LogP contribution is 2.02. The molecule has 0 unspecified atom stereocenters. The monoisotopic (exact) mass is 601 g/mol. The van der Waals surface area contributed by atoms with Gasteiger partial charge in [0.1, 0.15) is 0 Å². The molecule has 0 spiro atoms. The van der Waals surface area contributed by atoms with Crippen LogP contribution in [-0.2, 0) is 28.8 Å². The highest BCUT2D eigenvalue weighted by Gasteiger charge is 2.20. The van der Waals surface area contributed by atoms with Crippen molar-refractivity contribution >= 4 is 29.7 Å². The molecule has 1 saturated heterocycles. The van der Waals surface area contributed by atoms with E-state index >= 15 is 0 Å². The van der Waals surface area contributed by atoms with E-state index in [2.05, 4.69) is 34.9 Å². The van der Waals surface area contributed by atoms with E-state index in [9.17, 15) is 34.2 Å². The van der Waals surface area contributed by atoms with Crippen molar-refractivity contribution in [1.29, 1.82) is 0 Å². The number of hydrogen-bond donors (Lipinski definition) is 5. The van der Waals surface area contributed by atoms with Gasteiger partial charge in [0.2, 0.25) is 17.7 Å². The van der Waals surface area contributed by atoms with Crippen LogP contribution in [0, 0.1) is 5.92 Å². The lowest BCUT2D eigenvalue weighted by Gasteiger charge is -2.33. The van der Waals surface area contributed by atoms with Crippen LogP contribution in [0.3, 0.4) is 0 Å². The van der Waals surface area contributed by atoms with Gasteiger partial charge in [-0.3, -0.25) is 43.5 Å². The Kier molecular flexibility index (Phi) is 19.3. The normalized spacial score (nSPS) is 16.8. The van der Waals surface area contributed by atoms with Gasteiger partial charge >= 0.3 is 11.9 Å². The van der Waals surface area contributed by atoms with Gasteiger partial charge in [-0.05, 0) is 25.3 Å². The number of nitrogens with zero attached hydrogens (tertiary/aromatic N) is 4. The lowest BCUT2D eigenvalue weighted by molar-refractivity contribution is -0.140. The first-order valence-electron chi connectivity index (χ1n) is 14.8. The number of hydrogen-bond acceptors (Lipinski definition) is 10. The smallest absolute Gasteiger partial charge is 0.317 e. The fraction of sp³-hybridized carbons (Fsp3) is 0.815. The Labute approximate surface area is 248 Å². The zero-order chi connectivity index (χ0) is 31.3. The Balaban J connectivity index is 2.50. The van der Waals surface area contributed by atoms with Gasteiger partial charge in [0.15, 0.2) is 6.61 Å². The standard InChI is InChI=1S/C27H51N7O8/c1-4-31-10-12-32(14-15-34(20-27(40)41)17-16-33(13-11-31)19-26(38)39)18-24(36)29-9-7-23(35)30-42-21-25(37)28-8-5-6-22(2)3/h22H,4-21H2,1-3H3,(H,28,37)(H,29,36)(H,30,35)(H,38,39)(H,40,41). The fourth-order valence-corrected chi connectivity index (χ4v) is 4.35. The molecule has 1 rings (SSSR count). The van der Waals surface area contributed by atoms with Crippen LogP contribution in [0.25, 0.3) is 0 Å². The molecule has 0 aromatic heterocycles. The minimum absolute atomic E-state index is 0.0232. The van der Waals surface area contributed by atoms with Crippen molar-refractivity contribution in [3.05, 3.63) is 0 Å². The topological polar surface area (TPSA) is 184 Å². The molecule has 3 amide bonds. The third-order valence-electron chi connectivity index (χ3n) is 6.81. The zero-order valence-corrected chi connectivity index (χ0v) is 25.4. The second-order valence-electron chi connectivity index (χ2n) is 10.9. The SMILES string of the molecule is CCN1CCN(CC(=O)O)CCN(CC(=O)O)CCN(CC(=O)NCCC(=O)NOCC(=O)NCCCC(C)C)CC1. The van der Waals surface area contributed by atoms with E-state index in [1.54, 1.807) is 4.90 Å². The summed E-state index contributed by atoms with van der Waals surface area (Å²) in [4.78, 5) is 71.7. The number of carbonyl (C=O) groups is 5. The van der Waals surface area contributed by atoms with Gasteiger partial charge in [-0.25, -0.2) is 5.48 Å².